The molecule has 0 aliphatic carbocycles. The first-order chi connectivity index (χ1) is 17.0. The third-order valence-corrected chi connectivity index (χ3v) is 6.28. The number of furan rings is 1. The summed E-state index contributed by atoms with van der Waals surface area (Å²) in [5.74, 6) is 0.246. The van der Waals surface area contributed by atoms with Crippen molar-refractivity contribution in [2.45, 2.75) is 32.6 Å². The number of hydrogen-bond donors (Lipinski definition) is 0. The average Bonchev–Trinajstić information content (AvgIpc) is 3.33. The van der Waals surface area contributed by atoms with Crippen LogP contribution in [-0.4, -0.2) is 22.3 Å². The zero-order chi connectivity index (χ0) is 24.2. The highest BCUT2D eigenvalue weighted by molar-refractivity contribution is 5.91. The van der Waals surface area contributed by atoms with Crippen LogP contribution in [0.2, 0.25) is 0 Å². The summed E-state index contributed by atoms with van der Waals surface area (Å²) in [6, 6.07) is 24.5. The third-order valence-electron chi connectivity index (χ3n) is 6.28. The summed E-state index contributed by atoms with van der Waals surface area (Å²) < 4.78 is 33.1. The number of rotatable bonds is 7. The first-order valence-corrected chi connectivity index (χ1v) is 11.7. The van der Waals surface area contributed by atoms with Gasteiger partial charge in [0.1, 0.15) is 17.4 Å². The minimum absolute atomic E-state index is 0.124. The van der Waals surface area contributed by atoms with Gasteiger partial charge in [0.05, 0.1) is 6.54 Å². The highest BCUT2D eigenvalue weighted by atomic mass is 19.1. The molecule has 0 unspecified atom stereocenters. The molecule has 178 valence electrons. The van der Waals surface area contributed by atoms with Gasteiger partial charge in [-0.25, -0.2) is 8.78 Å². The maximum atomic E-state index is 13.8. The Bertz CT molecular complexity index is 1320. The SMILES string of the molecule is O=C(c1ccc(CN(Cc2ccc(F)cc2)Cc2cccc(F)c2)o1)N1CCc2ccccc2C1. The summed E-state index contributed by atoms with van der Waals surface area (Å²) in [5.41, 5.74) is 4.20. The molecule has 0 saturated carbocycles. The molecule has 0 N–H and O–H groups in total. The van der Waals surface area contributed by atoms with Crippen LogP contribution in [0.15, 0.2) is 89.3 Å². The fourth-order valence-corrected chi connectivity index (χ4v) is 4.53. The zero-order valence-electron chi connectivity index (χ0n) is 19.3. The fraction of sp³-hybridized carbons (Fsp3) is 0.207. The number of carbonyl (C=O) groups is 1. The smallest absolute Gasteiger partial charge is 0.289 e. The van der Waals surface area contributed by atoms with E-state index in [9.17, 15) is 13.6 Å². The molecule has 0 saturated heterocycles. The van der Waals surface area contributed by atoms with Crippen LogP contribution in [-0.2, 0) is 32.6 Å². The molecular weight excluding hydrogens is 446 g/mol. The molecule has 1 aromatic heterocycles. The van der Waals surface area contributed by atoms with E-state index in [0.717, 1.165) is 17.5 Å². The van der Waals surface area contributed by atoms with Gasteiger partial charge in [0.25, 0.3) is 5.91 Å². The lowest BCUT2D eigenvalue weighted by Crippen LogP contribution is -2.35. The topological polar surface area (TPSA) is 36.7 Å². The van der Waals surface area contributed by atoms with Crippen molar-refractivity contribution < 1.29 is 18.0 Å². The second kappa shape index (κ2) is 10.2. The van der Waals surface area contributed by atoms with Gasteiger partial charge in [0, 0.05) is 26.2 Å². The Morgan fingerprint density at radius 1 is 0.800 bits per heavy atom. The van der Waals surface area contributed by atoms with Crippen molar-refractivity contribution in [2.75, 3.05) is 6.54 Å². The maximum Gasteiger partial charge on any atom is 0.289 e. The zero-order valence-corrected chi connectivity index (χ0v) is 19.3. The van der Waals surface area contributed by atoms with Gasteiger partial charge in [-0.1, -0.05) is 48.5 Å². The van der Waals surface area contributed by atoms with E-state index in [1.807, 2.05) is 29.2 Å². The highest BCUT2D eigenvalue weighted by Crippen LogP contribution is 2.22. The van der Waals surface area contributed by atoms with Gasteiger partial charge >= 0.3 is 0 Å². The fourth-order valence-electron chi connectivity index (χ4n) is 4.53. The minimum Gasteiger partial charge on any atom is -0.455 e. The monoisotopic (exact) mass is 472 g/mol. The van der Waals surface area contributed by atoms with Crippen molar-refractivity contribution in [3.8, 4) is 0 Å². The van der Waals surface area contributed by atoms with Crippen molar-refractivity contribution in [3.05, 3.63) is 130 Å². The van der Waals surface area contributed by atoms with Crippen molar-refractivity contribution in [1.82, 2.24) is 9.80 Å². The van der Waals surface area contributed by atoms with E-state index in [4.69, 9.17) is 4.42 Å². The molecule has 0 spiro atoms. The van der Waals surface area contributed by atoms with E-state index >= 15 is 0 Å². The largest absolute Gasteiger partial charge is 0.455 e. The first kappa shape index (κ1) is 23.0. The summed E-state index contributed by atoms with van der Waals surface area (Å²) in [4.78, 5) is 17.0. The molecule has 0 fully saturated rings. The molecule has 1 amide bonds. The molecule has 6 heteroatoms. The Labute approximate surface area is 203 Å². The number of halogens is 2. The van der Waals surface area contributed by atoms with E-state index in [1.54, 1.807) is 24.3 Å². The van der Waals surface area contributed by atoms with Gasteiger partial charge in [0.15, 0.2) is 5.76 Å². The molecule has 2 heterocycles. The average molecular weight is 473 g/mol. The summed E-state index contributed by atoms with van der Waals surface area (Å²) in [6.07, 6.45) is 0.828. The second-order valence-corrected chi connectivity index (χ2v) is 8.91. The Morgan fingerprint density at radius 2 is 1.57 bits per heavy atom. The second-order valence-electron chi connectivity index (χ2n) is 8.91. The third kappa shape index (κ3) is 5.66. The predicted octanol–water partition coefficient (Wildman–Crippen LogP) is 5.96. The van der Waals surface area contributed by atoms with Crippen molar-refractivity contribution in [1.29, 1.82) is 0 Å². The summed E-state index contributed by atoms with van der Waals surface area (Å²) >= 11 is 0. The summed E-state index contributed by atoms with van der Waals surface area (Å²) in [6.45, 7) is 2.64. The molecule has 4 nitrogen and oxygen atoms in total. The van der Waals surface area contributed by atoms with Gasteiger partial charge in [-0.15, -0.1) is 0 Å². The molecule has 0 bridgehead atoms. The molecule has 1 aliphatic heterocycles. The van der Waals surface area contributed by atoms with Gasteiger partial charge in [-0.05, 0) is 65.1 Å². The lowest BCUT2D eigenvalue weighted by atomic mass is 10.00. The van der Waals surface area contributed by atoms with E-state index < -0.39 is 0 Å². The first-order valence-electron chi connectivity index (χ1n) is 11.7. The van der Waals surface area contributed by atoms with Crippen LogP contribution in [0.5, 0.6) is 0 Å². The number of nitrogens with zero attached hydrogens (tertiary/aromatic N) is 2. The van der Waals surface area contributed by atoms with Crippen LogP contribution < -0.4 is 0 Å². The van der Waals surface area contributed by atoms with E-state index in [2.05, 4.69) is 17.0 Å². The van der Waals surface area contributed by atoms with Crippen LogP contribution in [0.4, 0.5) is 8.78 Å². The summed E-state index contributed by atoms with van der Waals surface area (Å²) in [5, 5.41) is 0. The number of fused-ring (bicyclic) bond motifs is 1. The molecule has 5 rings (SSSR count). The van der Waals surface area contributed by atoms with E-state index in [-0.39, 0.29) is 17.5 Å². The van der Waals surface area contributed by atoms with Crippen LogP contribution in [0.25, 0.3) is 0 Å². The quantitative estimate of drug-likeness (QED) is 0.333. The molecule has 3 aromatic carbocycles. The van der Waals surface area contributed by atoms with Crippen molar-refractivity contribution >= 4 is 5.91 Å². The molecular formula is C29H26F2N2O2. The number of hydrogen-bond acceptors (Lipinski definition) is 3. The summed E-state index contributed by atoms with van der Waals surface area (Å²) in [7, 11) is 0. The van der Waals surface area contributed by atoms with Crippen LogP contribution >= 0.6 is 0 Å². The van der Waals surface area contributed by atoms with Crippen molar-refractivity contribution in [2.24, 2.45) is 0 Å². The molecule has 4 aromatic rings. The van der Waals surface area contributed by atoms with E-state index in [0.29, 0.717) is 44.2 Å². The Kier molecular flexibility index (Phi) is 6.73. The van der Waals surface area contributed by atoms with Crippen molar-refractivity contribution in [3.63, 3.8) is 0 Å². The number of carbonyl (C=O) groups excluding carboxylic acids is 1. The number of benzene rings is 3. The minimum atomic E-state index is -0.293. The lowest BCUT2D eigenvalue weighted by Gasteiger charge is -2.28. The standard InChI is InChI=1S/C29H26F2N2O2/c30-25-10-8-21(9-11-25)17-32(18-22-4-3-7-26(31)16-22)20-27-12-13-28(35-27)29(34)33-15-14-23-5-1-2-6-24(23)19-33/h1-13,16H,14-15,17-20H2. The van der Waals surface area contributed by atoms with Gasteiger partial charge in [-0.2, -0.15) is 0 Å². The predicted molar refractivity (Wildman–Crippen MR) is 129 cm³/mol. The van der Waals surface area contributed by atoms with Crippen LogP contribution in [0.1, 0.15) is 38.6 Å². The molecule has 0 atom stereocenters. The molecule has 0 radical (unpaired) electrons. The normalized spacial score (nSPS) is 13.2. The van der Waals surface area contributed by atoms with Gasteiger partial charge in [0.2, 0.25) is 0 Å². The van der Waals surface area contributed by atoms with Crippen LogP contribution in [0, 0.1) is 11.6 Å². The Hall–Kier alpha value is -3.77. The maximum absolute atomic E-state index is 13.8. The van der Waals surface area contributed by atoms with E-state index in [1.165, 1.54) is 35.4 Å². The van der Waals surface area contributed by atoms with Gasteiger partial charge < -0.3 is 9.32 Å². The van der Waals surface area contributed by atoms with Gasteiger partial charge in [-0.3, -0.25) is 9.69 Å². The highest BCUT2D eigenvalue weighted by Gasteiger charge is 2.24. The Balaban J connectivity index is 1.30. The Morgan fingerprint density at radius 3 is 2.37 bits per heavy atom. The van der Waals surface area contributed by atoms with Crippen LogP contribution in [0.3, 0.4) is 0 Å². The lowest BCUT2D eigenvalue weighted by molar-refractivity contribution is 0.0698. The number of amides is 1. The molecule has 1 aliphatic rings. The molecule has 35 heavy (non-hydrogen) atoms.